The lowest BCUT2D eigenvalue weighted by Gasteiger charge is -2.12. The Morgan fingerprint density at radius 3 is 2.64 bits per heavy atom. The highest BCUT2D eigenvalue weighted by atomic mass is 32.1. The molecule has 0 rings (SSSR count). The fraction of sp³-hybridized carbons (Fsp3) is 0.625. The van der Waals surface area contributed by atoms with Crippen LogP contribution < -0.4 is 0 Å². The molecule has 0 aliphatic carbocycles. The van der Waals surface area contributed by atoms with E-state index in [1.165, 1.54) is 6.08 Å². The van der Waals surface area contributed by atoms with E-state index in [4.69, 9.17) is 4.74 Å². The molecular weight excluding hydrogens is 160 g/mol. The third kappa shape index (κ3) is 5.98. The van der Waals surface area contributed by atoms with E-state index in [2.05, 4.69) is 19.2 Å². The third-order valence-corrected chi connectivity index (χ3v) is 1.37. The normalized spacial score (nSPS) is 15.2. The summed E-state index contributed by atoms with van der Waals surface area (Å²) in [5, 5.41) is 0.252. The van der Waals surface area contributed by atoms with E-state index in [1.807, 2.05) is 13.8 Å². The number of rotatable bonds is 4. The van der Waals surface area contributed by atoms with Gasteiger partial charge in [-0.3, -0.25) is 0 Å². The smallest absolute Gasteiger partial charge is 0.330 e. The fourth-order valence-corrected chi connectivity index (χ4v) is 1.07. The van der Waals surface area contributed by atoms with Crippen molar-refractivity contribution in [2.75, 3.05) is 0 Å². The molecule has 2 atom stereocenters. The zero-order valence-electron chi connectivity index (χ0n) is 6.91. The number of carbonyl (C=O) groups excluding carboxylic acids is 1. The fourth-order valence-electron chi connectivity index (χ4n) is 0.775. The molecule has 64 valence electrons. The highest BCUT2D eigenvalue weighted by Gasteiger charge is 2.08. The molecule has 0 saturated carbocycles. The van der Waals surface area contributed by atoms with Crippen LogP contribution in [0.2, 0.25) is 0 Å². The molecule has 0 heterocycles. The van der Waals surface area contributed by atoms with Crippen molar-refractivity contribution in [2.45, 2.75) is 31.6 Å². The summed E-state index contributed by atoms with van der Waals surface area (Å²) in [6.45, 7) is 7.10. The predicted molar refractivity (Wildman–Crippen MR) is 48.8 cm³/mol. The Morgan fingerprint density at radius 1 is 1.73 bits per heavy atom. The van der Waals surface area contributed by atoms with Gasteiger partial charge in [0.1, 0.15) is 6.10 Å². The van der Waals surface area contributed by atoms with Crippen molar-refractivity contribution in [1.29, 1.82) is 0 Å². The van der Waals surface area contributed by atoms with Crippen molar-refractivity contribution in [1.82, 2.24) is 0 Å². The van der Waals surface area contributed by atoms with Gasteiger partial charge in [-0.1, -0.05) is 13.5 Å². The highest BCUT2D eigenvalue weighted by molar-refractivity contribution is 7.80. The second-order valence-corrected chi connectivity index (χ2v) is 3.42. The average molecular weight is 174 g/mol. The van der Waals surface area contributed by atoms with Crippen LogP contribution in [0.5, 0.6) is 0 Å². The predicted octanol–water partition coefficient (Wildman–Crippen LogP) is 1.81. The summed E-state index contributed by atoms with van der Waals surface area (Å²) in [4.78, 5) is 10.6. The summed E-state index contributed by atoms with van der Waals surface area (Å²) in [6.07, 6.45) is 1.86. The second kappa shape index (κ2) is 5.24. The molecule has 11 heavy (non-hydrogen) atoms. The summed E-state index contributed by atoms with van der Waals surface area (Å²) >= 11 is 4.17. The Bertz CT molecular complexity index is 143. The Kier molecular flexibility index (Phi) is 5.03. The molecule has 0 saturated heterocycles. The Labute approximate surface area is 73.0 Å². The Hall–Kier alpha value is -0.440. The zero-order chi connectivity index (χ0) is 8.85. The molecule has 0 bridgehead atoms. The first-order valence-corrected chi connectivity index (χ1v) is 4.09. The van der Waals surface area contributed by atoms with E-state index in [9.17, 15) is 4.79 Å². The number of carbonyl (C=O) groups is 1. The summed E-state index contributed by atoms with van der Waals surface area (Å²) < 4.78 is 4.90. The SMILES string of the molecule is C=CC(=O)OC(C)CC(C)S. The molecule has 0 aromatic heterocycles. The number of hydrogen-bond acceptors (Lipinski definition) is 3. The van der Waals surface area contributed by atoms with Crippen LogP contribution in [0, 0.1) is 0 Å². The summed E-state index contributed by atoms with van der Waals surface area (Å²) in [6, 6.07) is 0. The van der Waals surface area contributed by atoms with Gasteiger partial charge < -0.3 is 4.74 Å². The quantitative estimate of drug-likeness (QED) is 0.399. The molecule has 0 aliphatic heterocycles. The number of ether oxygens (including phenoxy) is 1. The molecule has 0 aromatic carbocycles. The zero-order valence-corrected chi connectivity index (χ0v) is 7.80. The lowest BCUT2D eigenvalue weighted by molar-refractivity contribution is -0.142. The van der Waals surface area contributed by atoms with Gasteiger partial charge in [-0.15, -0.1) is 0 Å². The second-order valence-electron chi connectivity index (χ2n) is 2.54. The van der Waals surface area contributed by atoms with Gasteiger partial charge >= 0.3 is 5.97 Å². The van der Waals surface area contributed by atoms with Crippen molar-refractivity contribution in [3.63, 3.8) is 0 Å². The van der Waals surface area contributed by atoms with Gasteiger partial charge in [-0.25, -0.2) is 4.79 Å². The lowest BCUT2D eigenvalue weighted by Crippen LogP contribution is -2.15. The molecule has 3 heteroatoms. The number of esters is 1. The van der Waals surface area contributed by atoms with Gasteiger partial charge in [-0.2, -0.15) is 12.6 Å². The standard InChI is InChI=1S/C8H14O2S/c1-4-8(9)10-6(2)5-7(3)11/h4,6-7,11H,1,5H2,2-3H3. The van der Waals surface area contributed by atoms with Crippen molar-refractivity contribution < 1.29 is 9.53 Å². The maximum atomic E-state index is 10.6. The minimum absolute atomic E-state index is 0.0759. The monoisotopic (exact) mass is 174 g/mol. The first-order valence-electron chi connectivity index (χ1n) is 3.57. The van der Waals surface area contributed by atoms with E-state index < -0.39 is 0 Å². The van der Waals surface area contributed by atoms with Crippen molar-refractivity contribution in [2.24, 2.45) is 0 Å². The molecule has 0 N–H and O–H groups in total. The minimum atomic E-state index is -0.369. The van der Waals surface area contributed by atoms with Gasteiger partial charge in [0.05, 0.1) is 0 Å². The van der Waals surface area contributed by atoms with Crippen LogP contribution >= 0.6 is 12.6 Å². The van der Waals surface area contributed by atoms with Crippen LogP contribution in [0.15, 0.2) is 12.7 Å². The molecule has 0 fully saturated rings. The Morgan fingerprint density at radius 2 is 2.27 bits per heavy atom. The van der Waals surface area contributed by atoms with Crippen molar-refractivity contribution in [3.05, 3.63) is 12.7 Å². The van der Waals surface area contributed by atoms with Crippen molar-refractivity contribution in [3.8, 4) is 0 Å². The van der Waals surface area contributed by atoms with Crippen LogP contribution in [-0.2, 0) is 9.53 Å². The number of hydrogen-bond donors (Lipinski definition) is 1. The highest BCUT2D eigenvalue weighted by Crippen LogP contribution is 2.06. The molecule has 0 amide bonds. The minimum Gasteiger partial charge on any atom is -0.459 e. The first-order chi connectivity index (χ1) is 5.06. The number of thiol groups is 1. The van der Waals surface area contributed by atoms with E-state index >= 15 is 0 Å². The van der Waals surface area contributed by atoms with E-state index in [-0.39, 0.29) is 17.3 Å². The maximum absolute atomic E-state index is 10.6. The largest absolute Gasteiger partial charge is 0.459 e. The maximum Gasteiger partial charge on any atom is 0.330 e. The van der Waals surface area contributed by atoms with Gasteiger partial charge in [-0.05, 0) is 13.3 Å². The summed E-state index contributed by atoms with van der Waals surface area (Å²) in [7, 11) is 0. The molecule has 2 nitrogen and oxygen atoms in total. The van der Waals surface area contributed by atoms with Crippen LogP contribution in [-0.4, -0.2) is 17.3 Å². The topological polar surface area (TPSA) is 26.3 Å². The first kappa shape index (κ1) is 10.6. The molecular formula is C8H14O2S. The lowest BCUT2D eigenvalue weighted by atomic mass is 10.2. The van der Waals surface area contributed by atoms with Gasteiger partial charge in [0.2, 0.25) is 0 Å². The van der Waals surface area contributed by atoms with Gasteiger partial charge in [0, 0.05) is 11.3 Å². The molecule has 2 unspecified atom stereocenters. The summed E-state index contributed by atoms with van der Waals surface area (Å²) in [5.41, 5.74) is 0. The van der Waals surface area contributed by atoms with E-state index in [1.54, 1.807) is 0 Å². The van der Waals surface area contributed by atoms with Crippen LogP contribution in [0.3, 0.4) is 0 Å². The molecule has 0 radical (unpaired) electrons. The van der Waals surface area contributed by atoms with Gasteiger partial charge in [0.15, 0.2) is 0 Å². The van der Waals surface area contributed by atoms with E-state index in [0.29, 0.717) is 0 Å². The third-order valence-electron chi connectivity index (χ3n) is 1.16. The Balaban J connectivity index is 3.59. The average Bonchev–Trinajstić information content (AvgIpc) is 1.85. The van der Waals surface area contributed by atoms with Gasteiger partial charge in [0.25, 0.3) is 0 Å². The van der Waals surface area contributed by atoms with Crippen LogP contribution in [0.25, 0.3) is 0 Å². The van der Waals surface area contributed by atoms with Crippen LogP contribution in [0.4, 0.5) is 0 Å². The molecule has 0 spiro atoms. The van der Waals surface area contributed by atoms with Crippen molar-refractivity contribution >= 4 is 18.6 Å². The summed E-state index contributed by atoms with van der Waals surface area (Å²) in [5.74, 6) is -0.369. The molecule has 0 aromatic rings. The molecule has 0 aliphatic rings. The van der Waals surface area contributed by atoms with Crippen LogP contribution in [0.1, 0.15) is 20.3 Å². The van der Waals surface area contributed by atoms with E-state index in [0.717, 1.165) is 6.42 Å².